The van der Waals surface area contributed by atoms with Crippen LogP contribution in [0.3, 0.4) is 0 Å². The Morgan fingerprint density at radius 2 is 1.35 bits per heavy atom. The molecule has 0 radical (unpaired) electrons. The van der Waals surface area contributed by atoms with Gasteiger partial charge in [-0.1, -0.05) is 30.3 Å². The molecule has 0 aliphatic carbocycles. The first kappa shape index (κ1) is 13.3. The maximum Gasteiger partial charge on any atom is 0.255 e. The summed E-state index contributed by atoms with van der Waals surface area (Å²) in [5.74, 6) is 0. The van der Waals surface area contributed by atoms with Gasteiger partial charge in [0, 0.05) is 29.0 Å². The minimum absolute atomic E-state index is 0.469. The van der Waals surface area contributed by atoms with E-state index in [2.05, 4.69) is 15.1 Å². The Labute approximate surface area is 132 Å². The molecule has 0 saturated carbocycles. The Morgan fingerprint density at radius 1 is 0.739 bits per heavy atom. The minimum Gasteiger partial charge on any atom is -0.594 e. The van der Waals surface area contributed by atoms with Crippen LogP contribution in [0.2, 0.25) is 0 Å². The highest BCUT2D eigenvalue weighted by atomic mass is 16.5. The molecule has 0 spiro atoms. The molecule has 0 amide bonds. The van der Waals surface area contributed by atoms with Crippen molar-refractivity contribution in [3.8, 4) is 0 Å². The Hall–Kier alpha value is -3.34. The van der Waals surface area contributed by atoms with Crippen LogP contribution < -0.4 is 0 Å². The normalized spacial score (nSPS) is 11.9. The third-order valence-electron chi connectivity index (χ3n) is 3.66. The lowest BCUT2D eigenvalue weighted by Gasteiger charge is -2.04. The lowest BCUT2D eigenvalue weighted by molar-refractivity contribution is -0.433. The van der Waals surface area contributed by atoms with Crippen LogP contribution in [0.4, 0.5) is 11.4 Å². The van der Waals surface area contributed by atoms with Crippen LogP contribution in [-0.2, 0) is 0 Å². The number of azo groups is 1. The van der Waals surface area contributed by atoms with Crippen molar-refractivity contribution in [3.05, 3.63) is 78.3 Å². The highest BCUT2D eigenvalue weighted by Crippen LogP contribution is 2.28. The zero-order valence-corrected chi connectivity index (χ0v) is 12.1. The minimum atomic E-state index is 0.469. The van der Waals surface area contributed by atoms with Gasteiger partial charge < -0.3 is 5.21 Å². The van der Waals surface area contributed by atoms with Gasteiger partial charge in [-0.05, 0) is 29.1 Å². The molecule has 0 fully saturated rings. The number of rotatable bonds is 2. The van der Waals surface area contributed by atoms with Gasteiger partial charge in [-0.15, -0.1) is 0 Å². The molecule has 0 aliphatic heterocycles. The van der Waals surface area contributed by atoms with Crippen molar-refractivity contribution in [2.45, 2.75) is 0 Å². The Bertz CT molecular complexity index is 1030. The third kappa shape index (κ3) is 2.38. The van der Waals surface area contributed by atoms with Gasteiger partial charge >= 0.3 is 0 Å². The summed E-state index contributed by atoms with van der Waals surface area (Å²) in [6, 6.07) is 18.5. The van der Waals surface area contributed by atoms with Crippen molar-refractivity contribution in [3.63, 3.8) is 0 Å². The van der Waals surface area contributed by atoms with E-state index in [1.807, 2.05) is 48.5 Å². The van der Waals surface area contributed by atoms with E-state index in [4.69, 9.17) is 0 Å². The first-order valence-electron chi connectivity index (χ1n) is 7.19. The molecule has 0 saturated heterocycles. The maximum absolute atomic E-state index is 12.6. The van der Waals surface area contributed by atoms with Gasteiger partial charge in [0.1, 0.15) is 5.69 Å². The smallest absolute Gasteiger partial charge is 0.255 e. The summed E-state index contributed by atoms with van der Waals surface area (Å²) < 4.78 is 0. The van der Waals surface area contributed by atoms with E-state index in [0.717, 1.165) is 21.8 Å². The molecule has 0 bridgehead atoms. The number of fused-ring (bicyclic) bond motifs is 2. The first-order chi connectivity index (χ1) is 11.3. The van der Waals surface area contributed by atoms with Crippen molar-refractivity contribution in [1.82, 2.24) is 9.97 Å². The molecule has 2 heterocycles. The van der Waals surface area contributed by atoms with Crippen LogP contribution in [0.5, 0.6) is 0 Å². The van der Waals surface area contributed by atoms with Crippen LogP contribution >= 0.6 is 0 Å². The predicted octanol–water partition coefficient (Wildman–Crippen LogP) is 4.71. The molecule has 0 aliphatic rings. The molecule has 4 rings (SSSR count). The van der Waals surface area contributed by atoms with Crippen LogP contribution in [0.1, 0.15) is 0 Å². The van der Waals surface area contributed by atoms with E-state index in [0.29, 0.717) is 16.2 Å². The highest BCUT2D eigenvalue weighted by molar-refractivity contribution is 5.89. The number of para-hydroxylation sites is 2. The van der Waals surface area contributed by atoms with Gasteiger partial charge in [-0.3, -0.25) is 9.97 Å². The molecule has 0 N–H and O–H groups in total. The molecule has 2 aromatic heterocycles. The number of nitrogens with zero attached hydrogens (tertiary/aromatic N) is 4. The van der Waals surface area contributed by atoms with E-state index in [-0.39, 0.29) is 0 Å². The van der Waals surface area contributed by atoms with Gasteiger partial charge in [-0.2, -0.15) is 0 Å². The zero-order valence-electron chi connectivity index (χ0n) is 12.1. The van der Waals surface area contributed by atoms with Gasteiger partial charge in [-0.25, -0.2) is 0 Å². The van der Waals surface area contributed by atoms with Crippen molar-refractivity contribution < 1.29 is 4.86 Å². The van der Waals surface area contributed by atoms with E-state index < -0.39 is 0 Å². The molecule has 5 heteroatoms. The predicted molar refractivity (Wildman–Crippen MR) is 88.9 cm³/mol. The molecule has 2 aromatic carbocycles. The summed E-state index contributed by atoms with van der Waals surface area (Å²) in [4.78, 5) is 9.19. The average molecular weight is 300 g/mol. The zero-order chi connectivity index (χ0) is 15.6. The van der Waals surface area contributed by atoms with E-state index >= 15 is 0 Å². The molecule has 5 nitrogen and oxygen atoms in total. The summed E-state index contributed by atoms with van der Waals surface area (Å²) in [6.45, 7) is 0. The third-order valence-corrected chi connectivity index (χ3v) is 3.66. The molecular formula is C18H12N4O. The van der Waals surface area contributed by atoms with Gasteiger partial charge in [0.25, 0.3) is 5.69 Å². The first-order valence-corrected chi connectivity index (χ1v) is 7.19. The SMILES string of the molecule is [O-][N+](=Nc1ccnc2ccccc12)c1ccnc2ccccc12. The van der Waals surface area contributed by atoms with E-state index in [1.165, 1.54) is 0 Å². The fourth-order valence-corrected chi connectivity index (χ4v) is 2.57. The number of benzene rings is 2. The fourth-order valence-electron chi connectivity index (χ4n) is 2.57. The van der Waals surface area contributed by atoms with Crippen LogP contribution in [0.25, 0.3) is 21.8 Å². The Balaban J connectivity index is 1.90. The molecule has 110 valence electrons. The molecule has 0 unspecified atom stereocenters. The largest absolute Gasteiger partial charge is 0.594 e. The standard InChI is InChI=1S/C18H12N4O/c23-22(18-10-12-20-16-8-4-2-6-14(16)18)21-17-9-11-19-15-7-3-1-5-13(15)17/h1-12H. The summed E-state index contributed by atoms with van der Waals surface area (Å²) in [5, 5.41) is 18.4. The monoisotopic (exact) mass is 300 g/mol. The quantitative estimate of drug-likeness (QED) is 0.306. The summed E-state index contributed by atoms with van der Waals surface area (Å²) in [6.07, 6.45) is 3.27. The van der Waals surface area contributed by atoms with Crippen LogP contribution in [0.15, 0.2) is 78.2 Å². The highest BCUT2D eigenvalue weighted by Gasteiger charge is 2.11. The lowest BCUT2D eigenvalue weighted by Crippen LogP contribution is -1.93. The lowest BCUT2D eigenvalue weighted by atomic mass is 10.2. The molecule has 4 aromatic rings. The summed E-state index contributed by atoms with van der Waals surface area (Å²) >= 11 is 0. The molecule has 23 heavy (non-hydrogen) atoms. The van der Waals surface area contributed by atoms with Crippen molar-refractivity contribution >= 4 is 33.2 Å². The van der Waals surface area contributed by atoms with Gasteiger partial charge in [0.2, 0.25) is 0 Å². The fraction of sp³-hybridized carbons (Fsp3) is 0. The van der Waals surface area contributed by atoms with Crippen molar-refractivity contribution in [2.75, 3.05) is 0 Å². The van der Waals surface area contributed by atoms with Crippen LogP contribution in [-0.4, -0.2) is 14.8 Å². The summed E-state index contributed by atoms with van der Waals surface area (Å²) in [5.41, 5.74) is 2.63. The molecule has 0 atom stereocenters. The second-order valence-electron chi connectivity index (χ2n) is 5.07. The Morgan fingerprint density at radius 3 is 2.13 bits per heavy atom. The summed E-state index contributed by atoms with van der Waals surface area (Å²) in [7, 11) is 0. The van der Waals surface area contributed by atoms with Crippen LogP contribution in [0, 0.1) is 5.21 Å². The number of hydrogen-bond acceptors (Lipinski definition) is 4. The maximum atomic E-state index is 12.6. The topological polar surface area (TPSA) is 64.2 Å². The second kappa shape index (κ2) is 5.46. The Kier molecular flexibility index (Phi) is 3.16. The second-order valence-corrected chi connectivity index (χ2v) is 5.07. The number of hydrogen-bond donors (Lipinski definition) is 0. The molecular weight excluding hydrogens is 288 g/mol. The van der Waals surface area contributed by atoms with Crippen molar-refractivity contribution in [1.29, 1.82) is 0 Å². The van der Waals surface area contributed by atoms with E-state index in [9.17, 15) is 5.21 Å². The van der Waals surface area contributed by atoms with Crippen molar-refractivity contribution in [2.24, 2.45) is 5.11 Å². The number of pyridine rings is 2. The van der Waals surface area contributed by atoms with E-state index in [1.54, 1.807) is 24.5 Å². The number of aromatic nitrogens is 2. The van der Waals surface area contributed by atoms with Gasteiger partial charge in [0.15, 0.2) is 0 Å². The van der Waals surface area contributed by atoms with Gasteiger partial charge in [0.05, 0.1) is 16.4 Å². The average Bonchev–Trinajstić information content (AvgIpc) is 2.61.